The van der Waals surface area contributed by atoms with Crippen molar-refractivity contribution in [2.24, 2.45) is 0 Å². The van der Waals surface area contributed by atoms with Crippen LogP contribution in [0, 0.1) is 0 Å². The van der Waals surface area contributed by atoms with Crippen LogP contribution in [0.15, 0.2) is 97.2 Å². The first kappa shape index (κ1) is 72.9. The minimum absolute atomic E-state index is 0.0433. The van der Waals surface area contributed by atoms with Crippen LogP contribution < -0.4 is 4.89 Å². The topological polar surface area (TPSA) is 111 Å². The van der Waals surface area contributed by atoms with E-state index >= 15 is 0 Å². The summed E-state index contributed by atoms with van der Waals surface area (Å²) in [5, 5.41) is 0. The van der Waals surface area contributed by atoms with Crippen LogP contribution in [0.3, 0.4) is 0 Å². The monoisotopic (exact) mass is 1080 g/mol. The SMILES string of the molecule is CC/C=C\C/C=C\C/C=C\C/C=C\C/C=C\C/C=C\C/C=C\C/C=C\CCCCC(=O)OC(COC(=O)CCCCCCCCCCCCCCCCCCCCCCCCCCC)COP(=O)([O-])OCC[N+](C)(C)C. The number of carbonyl (C=O) groups is 2. The van der Waals surface area contributed by atoms with Crippen molar-refractivity contribution in [3.63, 3.8) is 0 Å². The Kier molecular flexibility index (Phi) is 54.4. The van der Waals surface area contributed by atoms with Crippen LogP contribution in [0.25, 0.3) is 0 Å². The second-order valence-electron chi connectivity index (χ2n) is 21.7. The smallest absolute Gasteiger partial charge is 0.306 e. The zero-order valence-corrected chi connectivity index (χ0v) is 50.6. The average Bonchev–Trinajstić information content (AvgIpc) is 3.38. The van der Waals surface area contributed by atoms with Crippen molar-refractivity contribution in [1.82, 2.24) is 0 Å². The van der Waals surface area contributed by atoms with Crippen molar-refractivity contribution in [2.45, 2.75) is 264 Å². The number of hydrogen-bond acceptors (Lipinski definition) is 8. The average molecular weight is 1080 g/mol. The van der Waals surface area contributed by atoms with Crippen LogP contribution in [0.4, 0.5) is 0 Å². The van der Waals surface area contributed by atoms with Crippen LogP contribution in [-0.2, 0) is 32.7 Å². The number of hydrogen-bond donors (Lipinski definition) is 0. The summed E-state index contributed by atoms with van der Waals surface area (Å²) >= 11 is 0. The van der Waals surface area contributed by atoms with Gasteiger partial charge in [0.25, 0.3) is 7.82 Å². The standard InChI is InChI=1S/C66H116NO8P/c1-6-8-10-12-14-16-18-20-22-24-26-28-30-32-33-35-37-39-41-43-45-47-49-51-53-55-57-59-66(69)75-64(63-74-76(70,71)73-61-60-67(3,4)5)62-72-65(68)58-56-54-52-50-48-46-44-42-40-38-36-34-31-29-27-25-23-21-19-17-15-13-11-9-7-2/h8,10,14,16,20,22,26,28,32-33,37,39,43,45,49,51,64H,6-7,9,11-13,15,17-19,21,23-25,27,29-31,34-36,38,40-42,44,46-48,50,52-63H2,1-5H3/b10-8-,16-14-,22-20-,28-26-,33-32-,39-37-,45-43-,51-49-. The van der Waals surface area contributed by atoms with E-state index in [2.05, 4.69) is 111 Å². The van der Waals surface area contributed by atoms with Crippen LogP contribution in [0.2, 0.25) is 0 Å². The first-order valence-corrected chi connectivity index (χ1v) is 32.4. The Morgan fingerprint density at radius 2 is 0.750 bits per heavy atom. The van der Waals surface area contributed by atoms with Gasteiger partial charge in [-0.3, -0.25) is 14.2 Å². The molecule has 0 saturated carbocycles. The molecule has 0 amide bonds. The van der Waals surface area contributed by atoms with Gasteiger partial charge in [0.1, 0.15) is 19.8 Å². The summed E-state index contributed by atoms with van der Waals surface area (Å²) in [4.78, 5) is 37.9. The van der Waals surface area contributed by atoms with Gasteiger partial charge < -0.3 is 27.9 Å². The molecule has 0 aliphatic rings. The second-order valence-corrected chi connectivity index (χ2v) is 23.1. The highest BCUT2D eigenvalue weighted by molar-refractivity contribution is 7.45. The van der Waals surface area contributed by atoms with Gasteiger partial charge in [0.15, 0.2) is 6.10 Å². The number of likely N-dealkylation sites (N-methyl/N-ethyl adjacent to an activating group) is 1. The van der Waals surface area contributed by atoms with Gasteiger partial charge >= 0.3 is 11.9 Å². The van der Waals surface area contributed by atoms with Gasteiger partial charge in [-0.1, -0.05) is 265 Å². The number of allylic oxidation sites excluding steroid dienone is 16. The number of carbonyl (C=O) groups excluding carboxylic acids is 2. The molecule has 2 atom stereocenters. The Bertz CT molecular complexity index is 1600. The van der Waals surface area contributed by atoms with E-state index in [0.29, 0.717) is 17.4 Å². The molecule has 0 aliphatic carbocycles. The van der Waals surface area contributed by atoms with Crippen LogP contribution in [-0.4, -0.2) is 70.0 Å². The van der Waals surface area contributed by atoms with E-state index in [-0.39, 0.29) is 26.1 Å². The second kappa shape index (κ2) is 56.6. The molecule has 76 heavy (non-hydrogen) atoms. The zero-order chi connectivity index (χ0) is 55.6. The number of ether oxygens (including phenoxy) is 2. The molecule has 0 aromatic rings. The molecule has 2 unspecified atom stereocenters. The molecule has 0 fully saturated rings. The third-order valence-electron chi connectivity index (χ3n) is 13.1. The molecular formula is C66H116NO8P. The molecule has 0 aromatic carbocycles. The molecule has 438 valence electrons. The summed E-state index contributed by atoms with van der Waals surface area (Å²) in [6.45, 7) is 4.09. The van der Waals surface area contributed by atoms with Crippen molar-refractivity contribution in [3.8, 4) is 0 Å². The van der Waals surface area contributed by atoms with Gasteiger partial charge in [-0.05, 0) is 77.0 Å². The molecule has 0 spiro atoms. The van der Waals surface area contributed by atoms with Gasteiger partial charge in [0.2, 0.25) is 0 Å². The summed E-state index contributed by atoms with van der Waals surface area (Å²) in [6, 6.07) is 0. The number of quaternary nitrogens is 1. The molecule has 0 N–H and O–H groups in total. The van der Waals surface area contributed by atoms with Gasteiger partial charge in [0, 0.05) is 12.8 Å². The third kappa shape index (κ3) is 60.2. The first-order chi connectivity index (χ1) is 37.0. The maximum Gasteiger partial charge on any atom is 0.306 e. The van der Waals surface area contributed by atoms with Crippen LogP contribution in [0.5, 0.6) is 0 Å². The molecular weight excluding hydrogens is 966 g/mol. The number of rotatable bonds is 56. The molecule has 0 bridgehead atoms. The fraction of sp³-hybridized carbons (Fsp3) is 0.727. The lowest BCUT2D eigenvalue weighted by Crippen LogP contribution is -2.37. The Morgan fingerprint density at radius 3 is 1.12 bits per heavy atom. The lowest BCUT2D eigenvalue weighted by atomic mass is 10.0. The number of phosphoric ester groups is 1. The number of nitrogens with zero attached hydrogens (tertiary/aromatic N) is 1. The lowest BCUT2D eigenvalue weighted by Gasteiger charge is -2.28. The number of esters is 2. The fourth-order valence-corrected chi connectivity index (χ4v) is 9.11. The molecule has 9 nitrogen and oxygen atoms in total. The van der Waals surface area contributed by atoms with E-state index < -0.39 is 32.5 Å². The van der Waals surface area contributed by atoms with Crippen molar-refractivity contribution >= 4 is 19.8 Å². The minimum atomic E-state index is -4.66. The van der Waals surface area contributed by atoms with E-state index in [9.17, 15) is 19.0 Å². The van der Waals surface area contributed by atoms with E-state index in [4.69, 9.17) is 18.5 Å². The third-order valence-corrected chi connectivity index (χ3v) is 14.1. The lowest BCUT2D eigenvalue weighted by molar-refractivity contribution is -0.870. The Labute approximate surface area is 468 Å². The molecule has 0 aliphatic heterocycles. The Balaban J connectivity index is 4.23. The molecule has 0 aromatic heterocycles. The van der Waals surface area contributed by atoms with Crippen molar-refractivity contribution in [1.29, 1.82) is 0 Å². The van der Waals surface area contributed by atoms with E-state index in [1.807, 2.05) is 21.1 Å². The summed E-state index contributed by atoms with van der Waals surface area (Å²) < 4.78 is 34.2. The first-order valence-electron chi connectivity index (χ1n) is 30.9. The quantitative estimate of drug-likeness (QED) is 0.0195. The Morgan fingerprint density at radius 1 is 0.421 bits per heavy atom. The highest BCUT2D eigenvalue weighted by Crippen LogP contribution is 2.38. The van der Waals surface area contributed by atoms with Gasteiger partial charge in [-0.2, -0.15) is 0 Å². The van der Waals surface area contributed by atoms with E-state index in [1.54, 1.807) is 0 Å². The van der Waals surface area contributed by atoms with Gasteiger partial charge in [-0.15, -0.1) is 0 Å². The van der Waals surface area contributed by atoms with Crippen molar-refractivity contribution in [2.75, 3.05) is 47.5 Å². The largest absolute Gasteiger partial charge is 0.756 e. The molecule has 0 heterocycles. The predicted octanol–water partition coefficient (Wildman–Crippen LogP) is 19.0. The number of unbranched alkanes of at least 4 members (excludes halogenated alkanes) is 26. The summed E-state index contributed by atoms with van der Waals surface area (Å²) in [5.41, 5.74) is 0. The number of phosphoric acid groups is 1. The maximum absolute atomic E-state index is 12.8. The minimum Gasteiger partial charge on any atom is -0.756 e. The predicted molar refractivity (Wildman–Crippen MR) is 323 cm³/mol. The van der Waals surface area contributed by atoms with Crippen LogP contribution in [0.1, 0.15) is 258 Å². The molecule has 0 saturated heterocycles. The van der Waals surface area contributed by atoms with E-state index in [0.717, 1.165) is 83.5 Å². The van der Waals surface area contributed by atoms with Crippen molar-refractivity contribution in [3.05, 3.63) is 97.2 Å². The fourth-order valence-electron chi connectivity index (χ4n) is 8.38. The Hall–Kier alpha value is -3.07. The normalized spacial score (nSPS) is 13.9. The zero-order valence-electron chi connectivity index (χ0n) is 49.7. The van der Waals surface area contributed by atoms with Crippen LogP contribution >= 0.6 is 7.82 Å². The van der Waals surface area contributed by atoms with Gasteiger partial charge in [0.05, 0.1) is 27.7 Å². The van der Waals surface area contributed by atoms with E-state index in [1.165, 1.54) is 141 Å². The highest BCUT2D eigenvalue weighted by Gasteiger charge is 2.21. The van der Waals surface area contributed by atoms with Crippen molar-refractivity contribution < 1.29 is 42.1 Å². The summed E-state index contributed by atoms with van der Waals surface area (Å²) in [6.07, 6.45) is 77.6. The summed E-state index contributed by atoms with van der Waals surface area (Å²) in [7, 11) is 1.13. The summed E-state index contributed by atoms with van der Waals surface area (Å²) in [5.74, 6) is -0.882. The molecule has 0 radical (unpaired) electrons. The maximum atomic E-state index is 12.8. The molecule has 0 rings (SSSR count). The molecule has 10 heteroatoms. The van der Waals surface area contributed by atoms with Gasteiger partial charge in [-0.25, -0.2) is 0 Å². The highest BCUT2D eigenvalue weighted by atomic mass is 31.2.